The van der Waals surface area contributed by atoms with Gasteiger partial charge in [-0.15, -0.1) is 0 Å². The Morgan fingerprint density at radius 2 is 1.93 bits per heavy atom. The van der Waals surface area contributed by atoms with Crippen LogP contribution in [-0.2, 0) is 39.8 Å². The molecule has 6 rings (SSSR count). The highest BCUT2D eigenvalue weighted by Gasteiger charge is 2.64. The Labute approximate surface area is 347 Å². The van der Waals surface area contributed by atoms with E-state index in [0.717, 1.165) is 21.6 Å². The van der Waals surface area contributed by atoms with Gasteiger partial charge in [0.15, 0.2) is 0 Å². The van der Waals surface area contributed by atoms with Crippen LogP contribution in [0.1, 0.15) is 68.4 Å². The molecular formula is C43H49ClN4O11. The number of pyridine rings is 1. The second kappa shape index (κ2) is 16.8. The number of nitrogens with zero attached hydrogens (tertiary/aromatic N) is 4. The molecule has 0 aliphatic carbocycles. The summed E-state index contributed by atoms with van der Waals surface area (Å²) in [4.78, 5) is 73.2. The zero-order chi connectivity index (χ0) is 43.1. The number of carbonyl (C=O) groups excluding carboxylic acids is 4. The van der Waals surface area contributed by atoms with Gasteiger partial charge in [0.1, 0.15) is 35.6 Å². The summed E-state index contributed by atoms with van der Waals surface area (Å²) in [5.41, 5.74) is 0.0637. The molecule has 2 amide bonds. The van der Waals surface area contributed by atoms with Crippen LogP contribution in [-0.4, -0.2) is 107 Å². The lowest BCUT2D eigenvalue weighted by atomic mass is 9.78. The zero-order valence-electron chi connectivity index (χ0n) is 34.3. The highest BCUT2D eigenvalue weighted by atomic mass is 35.5. The van der Waals surface area contributed by atoms with Crippen LogP contribution in [0.2, 0.25) is 5.02 Å². The standard InChI is InChI=1S/C43H49ClN4O11/c1-23-11-9-13-33(56-8)43(53)21-32(57-36(50)22-43)25(3)39-42(5,59-39)34(20-35(49)47(7)31-19-27(17-23)18-24(2)37(31)44)58-41(52)26(4)46(6)40(51)29-14-15-30(48(54)55)28-12-10-16-45-38(28)29/h9-16,18-19,25-26,32-34,39,53H,17,20-22H2,1-8H3/b13-9+,23-11+/t25-,26+,32+,33-,34+,39+,42+,43-/m1/s1. The molecule has 3 aromatic rings. The maximum Gasteiger partial charge on any atom is 0.328 e. The first-order chi connectivity index (χ1) is 27.8. The number of epoxide rings is 1. The summed E-state index contributed by atoms with van der Waals surface area (Å²) in [6.45, 7) is 8.74. The number of halogens is 1. The Balaban J connectivity index is 1.34. The number of nitro benzene ring substituents is 1. The fourth-order valence-corrected chi connectivity index (χ4v) is 8.38. The maximum atomic E-state index is 14.3. The number of hydrogen-bond donors (Lipinski definition) is 1. The molecule has 2 saturated heterocycles. The summed E-state index contributed by atoms with van der Waals surface area (Å²) >= 11 is 6.80. The van der Waals surface area contributed by atoms with Crippen LogP contribution < -0.4 is 4.90 Å². The van der Waals surface area contributed by atoms with Gasteiger partial charge in [0, 0.05) is 45.8 Å². The van der Waals surface area contributed by atoms with Crippen LogP contribution in [0.15, 0.2) is 66.4 Å². The molecule has 0 radical (unpaired) electrons. The van der Waals surface area contributed by atoms with Crippen molar-refractivity contribution in [3.63, 3.8) is 0 Å². The number of benzene rings is 2. The van der Waals surface area contributed by atoms with Gasteiger partial charge in [0.25, 0.3) is 11.6 Å². The number of rotatable bonds is 6. The molecule has 0 saturated carbocycles. The van der Waals surface area contributed by atoms with E-state index in [1.807, 2.05) is 32.1 Å². The van der Waals surface area contributed by atoms with Crippen molar-refractivity contribution in [2.45, 2.75) is 102 Å². The van der Waals surface area contributed by atoms with E-state index in [1.165, 1.54) is 56.4 Å². The summed E-state index contributed by atoms with van der Waals surface area (Å²) < 4.78 is 23.9. The lowest BCUT2D eigenvalue weighted by Gasteiger charge is -2.41. The number of aliphatic hydroxyl groups is 1. The molecule has 1 N–H and O–H groups in total. The van der Waals surface area contributed by atoms with Crippen molar-refractivity contribution in [2.24, 2.45) is 5.92 Å². The molecule has 8 atom stereocenters. The predicted molar refractivity (Wildman–Crippen MR) is 218 cm³/mol. The van der Waals surface area contributed by atoms with Gasteiger partial charge in [-0.05, 0) is 69.5 Å². The summed E-state index contributed by atoms with van der Waals surface area (Å²) in [7, 11) is 4.44. The molecule has 2 fully saturated rings. The molecule has 59 heavy (non-hydrogen) atoms. The molecule has 1 aromatic heterocycles. The van der Waals surface area contributed by atoms with Crippen molar-refractivity contribution in [3.05, 3.63) is 98.2 Å². The molecule has 0 unspecified atom stereocenters. The monoisotopic (exact) mass is 832 g/mol. The Morgan fingerprint density at radius 1 is 1.20 bits per heavy atom. The summed E-state index contributed by atoms with van der Waals surface area (Å²) in [5, 5.41) is 24.1. The number of methoxy groups -OCH3 is 1. The first-order valence-electron chi connectivity index (χ1n) is 19.3. The Hall–Kier alpha value is -5.22. The van der Waals surface area contributed by atoms with E-state index in [0.29, 0.717) is 17.1 Å². The summed E-state index contributed by atoms with van der Waals surface area (Å²) in [6, 6.07) is 8.07. The van der Waals surface area contributed by atoms with Gasteiger partial charge in [0.2, 0.25) is 5.91 Å². The molecule has 4 bridgehead atoms. The van der Waals surface area contributed by atoms with Crippen LogP contribution in [0, 0.1) is 23.0 Å². The highest BCUT2D eigenvalue weighted by molar-refractivity contribution is 6.34. The second-order valence-electron chi connectivity index (χ2n) is 16.0. The second-order valence-corrected chi connectivity index (χ2v) is 16.4. The zero-order valence-corrected chi connectivity index (χ0v) is 35.0. The number of carbonyl (C=O) groups is 4. The van der Waals surface area contributed by atoms with Crippen molar-refractivity contribution in [1.29, 1.82) is 0 Å². The van der Waals surface area contributed by atoms with E-state index >= 15 is 0 Å². The Bertz CT molecular complexity index is 2260. The number of aromatic nitrogens is 1. The van der Waals surface area contributed by atoms with Gasteiger partial charge in [-0.25, -0.2) is 4.79 Å². The molecule has 3 aliphatic rings. The largest absolute Gasteiger partial charge is 0.462 e. The van der Waals surface area contributed by atoms with Crippen molar-refractivity contribution in [2.75, 3.05) is 26.1 Å². The number of likely N-dealkylation sites (N-methyl/N-ethyl adjacent to an activating group) is 1. The quantitative estimate of drug-likeness (QED) is 0.135. The molecule has 4 heterocycles. The average molecular weight is 833 g/mol. The van der Waals surface area contributed by atoms with E-state index in [4.69, 9.17) is 30.5 Å². The van der Waals surface area contributed by atoms with Crippen molar-refractivity contribution >= 4 is 57.6 Å². The van der Waals surface area contributed by atoms with E-state index < -0.39 is 76.3 Å². The number of non-ortho nitro benzene ring substituents is 1. The lowest BCUT2D eigenvalue weighted by molar-refractivity contribution is -0.383. The first kappa shape index (κ1) is 43.4. The van der Waals surface area contributed by atoms with Gasteiger partial charge in [-0.1, -0.05) is 48.4 Å². The van der Waals surface area contributed by atoms with Crippen LogP contribution in [0.4, 0.5) is 11.4 Å². The van der Waals surface area contributed by atoms with Crippen molar-refractivity contribution in [1.82, 2.24) is 9.88 Å². The molecule has 16 heteroatoms. The minimum Gasteiger partial charge on any atom is -0.462 e. The van der Waals surface area contributed by atoms with E-state index in [9.17, 15) is 34.4 Å². The SMILES string of the molecule is CO[C@@H]1/C=C/C=C(\C)Cc2cc(C)c(Cl)c(c2)N(C)C(=O)C[C@H](OC(=O)[C@H](C)N(C)C(=O)c2ccc([N+](=O)[O-])c3cccnc23)[C@]2(C)O[C@H]2[C@H](C)[C@@H]2C[C@@]1(O)CC(=O)O2. The first-order valence-corrected chi connectivity index (χ1v) is 19.7. The van der Waals surface area contributed by atoms with Crippen LogP contribution in [0.5, 0.6) is 0 Å². The van der Waals surface area contributed by atoms with Crippen molar-refractivity contribution < 1.29 is 48.2 Å². The number of fused-ring (bicyclic) bond motifs is 6. The van der Waals surface area contributed by atoms with Crippen LogP contribution in [0.3, 0.4) is 0 Å². The normalized spacial score (nSPS) is 29.4. The van der Waals surface area contributed by atoms with Gasteiger partial charge in [0.05, 0.1) is 51.0 Å². The molecular weight excluding hydrogens is 784 g/mol. The number of allylic oxidation sites excluding steroid dienone is 3. The number of esters is 2. The fourth-order valence-electron chi connectivity index (χ4n) is 8.15. The highest BCUT2D eigenvalue weighted by Crippen LogP contribution is 2.50. The average Bonchev–Trinajstić information content (AvgIpc) is 3.89. The fraction of sp³-hybridized carbons (Fsp3) is 0.465. The number of hydrogen-bond acceptors (Lipinski definition) is 12. The molecule has 3 aliphatic heterocycles. The summed E-state index contributed by atoms with van der Waals surface area (Å²) in [5.74, 6) is -3.10. The minimum absolute atomic E-state index is 0.0211. The number of nitro groups is 1. The van der Waals surface area contributed by atoms with Crippen LogP contribution >= 0.6 is 11.6 Å². The Morgan fingerprint density at radius 3 is 2.63 bits per heavy atom. The molecule has 0 spiro atoms. The number of aryl methyl sites for hydroxylation is 1. The molecule has 2 aromatic carbocycles. The minimum atomic E-state index is -1.61. The summed E-state index contributed by atoms with van der Waals surface area (Å²) in [6.07, 6.45) is 3.07. The van der Waals surface area contributed by atoms with E-state index in [1.54, 1.807) is 33.0 Å². The predicted octanol–water partition coefficient (Wildman–Crippen LogP) is 5.83. The van der Waals surface area contributed by atoms with E-state index in [2.05, 4.69) is 4.98 Å². The van der Waals surface area contributed by atoms with Gasteiger partial charge in [-0.2, -0.15) is 0 Å². The smallest absolute Gasteiger partial charge is 0.328 e. The third kappa shape index (κ3) is 8.60. The van der Waals surface area contributed by atoms with Crippen LogP contribution in [0.25, 0.3) is 10.9 Å². The number of anilines is 1. The van der Waals surface area contributed by atoms with Gasteiger partial charge in [-0.3, -0.25) is 29.5 Å². The molecule has 15 nitrogen and oxygen atoms in total. The number of amides is 2. The third-order valence-corrected chi connectivity index (χ3v) is 12.4. The van der Waals surface area contributed by atoms with Gasteiger partial charge >= 0.3 is 11.9 Å². The van der Waals surface area contributed by atoms with Crippen molar-refractivity contribution in [3.8, 4) is 0 Å². The maximum absolute atomic E-state index is 14.3. The number of ether oxygens (including phenoxy) is 4. The lowest BCUT2D eigenvalue weighted by Crippen LogP contribution is -2.53. The Kier molecular flexibility index (Phi) is 12.3. The van der Waals surface area contributed by atoms with Gasteiger partial charge < -0.3 is 33.9 Å². The third-order valence-electron chi connectivity index (χ3n) is 11.9. The topological polar surface area (TPSA) is 191 Å². The molecule has 314 valence electrons. The van der Waals surface area contributed by atoms with E-state index in [-0.39, 0.29) is 41.4 Å².